The molecule has 2 aliphatic rings. The SMILES string of the molecule is O=C1[C@@H]2[C@@H](CC(CO)=C([C@H](O)CC/C(=C/c3cc(Br)ccc3O)c3ccccn3)[C@@H]2CO)C(=O)N1c1ccccc1. The number of hydrogen-bond acceptors (Lipinski definition) is 7. The van der Waals surface area contributed by atoms with Crippen molar-refractivity contribution in [2.24, 2.45) is 17.8 Å². The molecule has 1 fully saturated rings. The van der Waals surface area contributed by atoms with Crippen molar-refractivity contribution in [3.63, 3.8) is 0 Å². The van der Waals surface area contributed by atoms with E-state index in [-0.39, 0.29) is 24.5 Å². The number of carbonyl (C=O) groups excluding carboxylic acids is 2. The summed E-state index contributed by atoms with van der Waals surface area (Å²) in [6.45, 7) is -0.846. The van der Waals surface area contributed by atoms with Gasteiger partial charge in [-0.2, -0.15) is 0 Å². The van der Waals surface area contributed by atoms with Gasteiger partial charge in [0.1, 0.15) is 5.75 Å². The number of para-hydroxylation sites is 1. The largest absolute Gasteiger partial charge is 0.507 e. The quantitative estimate of drug-likeness (QED) is 0.207. The van der Waals surface area contributed by atoms with Crippen molar-refractivity contribution in [2.75, 3.05) is 18.1 Å². The summed E-state index contributed by atoms with van der Waals surface area (Å²) in [5.41, 5.74) is 3.37. The number of imide groups is 1. The van der Waals surface area contributed by atoms with Gasteiger partial charge in [0, 0.05) is 22.2 Å². The van der Waals surface area contributed by atoms with E-state index in [9.17, 15) is 30.0 Å². The molecule has 1 aromatic heterocycles. The fourth-order valence-electron chi connectivity index (χ4n) is 6.04. The summed E-state index contributed by atoms with van der Waals surface area (Å²) < 4.78 is 0.794. The average molecular weight is 620 g/mol. The molecule has 2 amide bonds. The Morgan fingerprint density at radius 3 is 2.49 bits per heavy atom. The Morgan fingerprint density at radius 1 is 1.05 bits per heavy atom. The zero-order valence-electron chi connectivity index (χ0n) is 22.2. The van der Waals surface area contributed by atoms with Gasteiger partial charge in [0.25, 0.3) is 0 Å². The van der Waals surface area contributed by atoms with E-state index in [1.165, 1.54) is 0 Å². The number of aromatic nitrogens is 1. The fraction of sp³-hybridized carbons (Fsp3) is 0.281. The van der Waals surface area contributed by atoms with Crippen molar-refractivity contribution in [3.8, 4) is 5.75 Å². The molecule has 4 N–H and O–H groups in total. The van der Waals surface area contributed by atoms with Crippen LogP contribution in [0.5, 0.6) is 5.75 Å². The summed E-state index contributed by atoms with van der Waals surface area (Å²) in [6, 6.07) is 19.3. The Balaban J connectivity index is 1.44. The van der Waals surface area contributed by atoms with Crippen molar-refractivity contribution in [1.82, 2.24) is 4.98 Å². The van der Waals surface area contributed by atoms with Crippen LogP contribution in [-0.2, 0) is 9.59 Å². The summed E-state index contributed by atoms with van der Waals surface area (Å²) >= 11 is 3.43. The Labute approximate surface area is 246 Å². The Morgan fingerprint density at radius 2 is 1.80 bits per heavy atom. The van der Waals surface area contributed by atoms with Gasteiger partial charge in [0.15, 0.2) is 0 Å². The lowest BCUT2D eigenvalue weighted by Gasteiger charge is -2.36. The second-order valence-electron chi connectivity index (χ2n) is 10.3. The Kier molecular flexibility index (Phi) is 8.79. The highest BCUT2D eigenvalue weighted by Gasteiger charge is 2.55. The molecular formula is C32H31BrN2O6. The van der Waals surface area contributed by atoms with Crippen molar-refractivity contribution in [2.45, 2.75) is 25.4 Å². The van der Waals surface area contributed by atoms with Crippen LogP contribution in [0.3, 0.4) is 0 Å². The van der Waals surface area contributed by atoms with Gasteiger partial charge in [-0.15, -0.1) is 0 Å². The van der Waals surface area contributed by atoms with Crippen LogP contribution in [0.2, 0.25) is 0 Å². The number of aliphatic hydroxyl groups is 3. The number of hydrogen-bond donors (Lipinski definition) is 4. The summed E-state index contributed by atoms with van der Waals surface area (Å²) in [5, 5.41) is 42.7. The highest BCUT2D eigenvalue weighted by molar-refractivity contribution is 9.10. The lowest BCUT2D eigenvalue weighted by atomic mass is 9.68. The standard InChI is InChI=1S/C32H31BrN2O6/c33-22-10-12-27(38)20(15-22)14-19(26-8-4-5-13-34-26)9-11-28(39)29-21(17-36)16-24-30(25(29)18-37)32(41)35(31(24)40)23-6-2-1-3-7-23/h1-8,10,12-15,24-25,28,30,36-39H,9,11,16-18H2/b19-14-/t24-,25+,28-,30-/m1/s1. The molecule has 0 radical (unpaired) electrons. The number of benzene rings is 2. The van der Waals surface area contributed by atoms with E-state index in [1.54, 1.807) is 60.8 Å². The normalized spacial score (nSPS) is 21.8. The first-order chi connectivity index (χ1) is 19.8. The van der Waals surface area contributed by atoms with Gasteiger partial charge in [-0.3, -0.25) is 19.5 Å². The minimum absolute atomic E-state index is 0.0958. The first-order valence-corrected chi connectivity index (χ1v) is 14.3. The monoisotopic (exact) mass is 618 g/mol. The molecule has 2 aromatic carbocycles. The highest BCUT2D eigenvalue weighted by Crippen LogP contribution is 2.47. The third kappa shape index (κ3) is 5.76. The number of aliphatic hydroxyl groups excluding tert-OH is 3. The van der Waals surface area contributed by atoms with Crippen molar-refractivity contribution >= 4 is 45.1 Å². The average Bonchev–Trinajstić information content (AvgIpc) is 3.25. The molecule has 0 spiro atoms. The number of carbonyl (C=O) groups is 2. The van der Waals surface area contributed by atoms with Crippen LogP contribution in [0.4, 0.5) is 5.69 Å². The predicted octanol–water partition coefficient (Wildman–Crippen LogP) is 4.34. The second kappa shape index (κ2) is 12.5. The van der Waals surface area contributed by atoms with Crippen LogP contribution >= 0.6 is 15.9 Å². The summed E-state index contributed by atoms with van der Waals surface area (Å²) in [5.74, 6) is -3.05. The number of allylic oxidation sites excluding steroid dienone is 1. The van der Waals surface area contributed by atoms with Crippen LogP contribution in [0.15, 0.2) is 88.5 Å². The first kappa shape index (κ1) is 28.9. The molecule has 4 atom stereocenters. The van der Waals surface area contributed by atoms with Gasteiger partial charge < -0.3 is 20.4 Å². The molecule has 8 nitrogen and oxygen atoms in total. The maximum Gasteiger partial charge on any atom is 0.238 e. The van der Waals surface area contributed by atoms with E-state index in [0.29, 0.717) is 34.5 Å². The third-order valence-corrected chi connectivity index (χ3v) is 8.44. The molecule has 1 aliphatic heterocycles. The van der Waals surface area contributed by atoms with Crippen LogP contribution in [0, 0.1) is 17.8 Å². The predicted molar refractivity (Wildman–Crippen MR) is 158 cm³/mol. The van der Waals surface area contributed by atoms with E-state index >= 15 is 0 Å². The maximum atomic E-state index is 13.6. The second-order valence-corrected chi connectivity index (χ2v) is 11.2. The maximum absolute atomic E-state index is 13.6. The van der Waals surface area contributed by atoms with E-state index < -0.39 is 43.0 Å². The lowest BCUT2D eigenvalue weighted by molar-refractivity contribution is -0.123. The Hall–Kier alpha value is -3.63. The fourth-order valence-corrected chi connectivity index (χ4v) is 6.42. The molecule has 0 saturated carbocycles. The smallest absolute Gasteiger partial charge is 0.238 e. The van der Waals surface area contributed by atoms with E-state index in [1.807, 2.05) is 18.2 Å². The molecule has 3 aromatic rings. The van der Waals surface area contributed by atoms with Gasteiger partial charge in [-0.05, 0) is 84.5 Å². The van der Waals surface area contributed by atoms with Gasteiger partial charge in [-0.25, -0.2) is 0 Å². The van der Waals surface area contributed by atoms with Crippen molar-refractivity contribution < 1.29 is 30.0 Å². The van der Waals surface area contributed by atoms with E-state index in [0.717, 1.165) is 14.9 Å². The van der Waals surface area contributed by atoms with Crippen molar-refractivity contribution in [1.29, 1.82) is 0 Å². The molecule has 5 rings (SSSR count). The number of anilines is 1. The molecule has 1 aliphatic carbocycles. The van der Waals surface area contributed by atoms with Crippen LogP contribution in [0.25, 0.3) is 11.6 Å². The zero-order chi connectivity index (χ0) is 29.1. The molecule has 1 saturated heterocycles. The van der Waals surface area contributed by atoms with Gasteiger partial charge in [0.05, 0.1) is 42.5 Å². The highest BCUT2D eigenvalue weighted by atomic mass is 79.9. The number of nitrogens with zero attached hydrogens (tertiary/aromatic N) is 2. The van der Waals surface area contributed by atoms with Crippen LogP contribution < -0.4 is 4.90 Å². The molecule has 0 unspecified atom stereocenters. The molecule has 41 heavy (non-hydrogen) atoms. The van der Waals surface area contributed by atoms with Gasteiger partial charge in [-0.1, -0.05) is 40.2 Å². The van der Waals surface area contributed by atoms with Gasteiger partial charge >= 0.3 is 0 Å². The molecular weight excluding hydrogens is 588 g/mol. The number of halogens is 1. The minimum atomic E-state index is -1.09. The number of aromatic hydroxyl groups is 1. The first-order valence-electron chi connectivity index (χ1n) is 13.5. The third-order valence-electron chi connectivity index (χ3n) is 7.95. The van der Waals surface area contributed by atoms with E-state index in [4.69, 9.17) is 0 Å². The molecule has 9 heteroatoms. The zero-order valence-corrected chi connectivity index (χ0v) is 23.8. The van der Waals surface area contributed by atoms with Crippen LogP contribution in [-0.4, -0.2) is 56.5 Å². The summed E-state index contributed by atoms with van der Waals surface area (Å²) in [4.78, 5) is 32.6. The van der Waals surface area contributed by atoms with Crippen LogP contribution in [0.1, 0.15) is 30.5 Å². The van der Waals surface area contributed by atoms with E-state index in [2.05, 4.69) is 20.9 Å². The number of phenolic OH excluding ortho intramolecular Hbond substituents is 1. The van der Waals surface area contributed by atoms with Gasteiger partial charge in [0.2, 0.25) is 11.8 Å². The molecule has 2 heterocycles. The number of phenols is 1. The number of amides is 2. The number of fused-ring (bicyclic) bond motifs is 1. The topological polar surface area (TPSA) is 131 Å². The molecule has 0 bridgehead atoms. The minimum Gasteiger partial charge on any atom is -0.507 e. The van der Waals surface area contributed by atoms with Crippen molar-refractivity contribution in [3.05, 3.63) is 99.8 Å². The summed E-state index contributed by atoms with van der Waals surface area (Å²) in [6.07, 6.45) is 3.07. The molecule has 212 valence electrons. The lowest BCUT2D eigenvalue weighted by Crippen LogP contribution is -2.39. The Bertz CT molecular complexity index is 1490. The summed E-state index contributed by atoms with van der Waals surface area (Å²) in [7, 11) is 0. The number of pyridine rings is 1. The number of rotatable bonds is 9.